The van der Waals surface area contributed by atoms with Crippen molar-refractivity contribution in [2.24, 2.45) is 0 Å². The van der Waals surface area contributed by atoms with Crippen LogP contribution in [0.5, 0.6) is 0 Å². The number of anilines is 2. The fourth-order valence-corrected chi connectivity index (χ4v) is 1.95. The van der Waals surface area contributed by atoms with E-state index in [1.807, 2.05) is 0 Å². The molecule has 0 aliphatic rings. The predicted molar refractivity (Wildman–Crippen MR) is 73.6 cm³/mol. The maximum Gasteiger partial charge on any atom is 0.335 e. The van der Waals surface area contributed by atoms with Crippen molar-refractivity contribution < 1.29 is 14.3 Å². The molecule has 0 atom stereocenters. The molecule has 0 saturated carbocycles. The third kappa shape index (κ3) is 3.42. The van der Waals surface area contributed by atoms with Crippen molar-refractivity contribution in [3.05, 3.63) is 51.3 Å². The molecular formula is C12H7BrClFN2O2. The van der Waals surface area contributed by atoms with E-state index in [4.69, 9.17) is 16.7 Å². The number of aromatic carboxylic acids is 1. The number of rotatable bonds is 3. The van der Waals surface area contributed by atoms with E-state index in [-0.39, 0.29) is 22.2 Å². The molecule has 0 bridgehead atoms. The van der Waals surface area contributed by atoms with Gasteiger partial charge in [0, 0.05) is 4.47 Å². The Morgan fingerprint density at radius 2 is 2.11 bits per heavy atom. The van der Waals surface area contributed by atoms with E-state index in [1.54, 1.807) is 6.07 Å². The van der Waals surface area contributed by atoms with Gasteiger partial charge in [-0.3, -0.25) is 0 Å². The Balaban J connectivity index is 2.35. The second-order valence-electron chi connectivity index (χ2n) is 3.62. The van der Waals surface area contributed by atoms with Crippen LogP contribution in [0, 0.1) is 5.82 Å². The molecule has 2 N–H and O–H groups in total. The van der Waals surface area contributed by atoms with Gasteiger partial charge in [0.25, 0.3) is 0 Å². The average Bonchev–Trinajstić information content (AvgIpc) is 2.32. The van der Waals surface area contributed by atoms with Gasteiger partial charge in [-0.1, -0.05) is 27.5 Å². The monoisotopic (exact) mass is 344 g/mol. The number of benzene rings is 1. The molecule has 7 heteroatoms. The van der Waals surface area contributed by atoms with Gasteiger partial charge in [-0.25, -0.2) is 14.2 Å². The van der Waals surface area contributed by atoms with E-state index in [2.05, 4.69) is 26.2 Å². The maximum atomic E-state index is 13.6. The van der Waals surface area contributed by atoms with E-state index < -0.39 is 11.8 Å². The van der Waals surface area contributed by atoms with Crippen LogP contribution in [0.15, 0.2) is 34.8 Å². The van der Waals surface area contributed by atoms with Crippen LogP contribution in [0.1, 0.15) is 10.4 Å². The van der Waals surface area contributed by atoms with Crippen LogP contribution < -0.4 is 5.32 Å². The van der Waals surface area contributed by atoms with Crippen LogP contribution in [0.3, 0.4) is 0 Å². The number of aromatic nitrogens is 1. The number of nitrogens with zero attached hydrogens (tertiary/aromatic N) is 1. The van der Waals surface area contributed by atoms with Crippen LogP contribution in [-0.4, -0.2) is 16.1 Å². The molecule has 1 heterocycles. The molecule has 0 spiro atoms. The molecule has 0 amide bonds. The van der Waals surface area contributed by atoms with Gasteiger partial charge in [-0.05, 0) is 30.3 Å². The van der Waals surface area contributed by atoms with Crippen molar-refractivity contribution in [1.29, 1.82) is 0 Å². The Bertz CT molecular complexity index is 652. The van der Waals surface area contributed by atoms with Gasteiger partial charge in [-0.15, -0.1) is 0 Å². The summed E-state index contributed by atoms with van der Waals surface area (Å²) >= 11 is 8.85. The first-order chi connectivity index (χ1) is 8.95. The van der Waals surface area contributed by atoms with Gasteiger partial charge >= 0.3 is 5.97 Å². The molecule has 4 nitrogen and oxygen atoms in total. The van der Waals surface area contributed by atoms with Crippen LogP contribution in [-0.2, 0) is 0 Å². The molecule has 0 aliphatic carbocycles. The third-order valence-electron chi connectivity index (χ3n) is 2.23. The summed E-state index contributed by atoms with van der Waals surface area (Å²) in [4.78, 5) is 14.8. The second kappa shape index (κ2) is 5.54. The van der Waals surface area contributed by atoms with E-state index in [0.717, 1.165) is 0 Å². The summed E-state index contributed by atoms with van der Waals surface area (Å²) in [7, 11) is 0. The highest BCUT2D eigenvalue weighted by Gasteiger charge is 2.09. The average molecular weight is 346 g/mol. The number of carboxylic acid groups (broad SMARTS) is 1. The Kier molecular flexibility index (Phi) is 4.01. The lowest BCUT2D eigenvalue weighted by Crippen LogP contribution is -2.01. The minimum absolute atomic E-state index is 0.0138. The molecule has 2 aromatic rings. The minimum Gasteiger partial charge on any atom is -0.478 e. The molecular weight excluding hydrogens is 338 g/mol. The molecule has 1 aromatic heterocycles. The smallest absolute Gasteiger partial charge is 0.335 e. The number of halogens is 3. The van der Waals surface area contributed by atoms with Crippen LogP contribution in [0.4, 0.5) is 15.9 Å². The lowest BCUT2D eigenvalue weighted by atomic mass is 10.2. The highest BCUT2D eigenvalue weighted by molar-refractivity contribution is 9.10. The van der Waals surface area contributed by atoms with E-state index in [1.165, 1.54) is 24.3 Å². The van der Waals surface area contributed by atoms with Crippen molar-refractivity contribution in [1.82, 2.24) is 4.98 Å². The van der Waals surface area contributed by atoms with Gasteiger partial charge < -0.3 is 10.4 Å². The number of carbonyl (C=O) groups is 1. The van der Waals surface area contributed by atoms with Gasteiger partial charge in [0.05, 0.1) is 11.3 Å². The number of hydrogen-bond donors (Lipinski definition) is 2. The highest BCUT2D eigenvalue weighted by Crippen LogP contribution is 2.24. The number of hydrogen-bond acceptors (Lipinski definition) is 3. The molecule has 0 fully saturated rings. The summed E-state index contributed by atoms with van der Waals surface area (Å²) in [5.74, 6) is -1.47. The molecule has 0 unspecified atom stereocenters. The molecule has 0 aliphatic heterocycles. The van der Waals surface area contributed by atoms with E-state index in [0.29, 0.717) is 4.47 Å². The fraction of sp³-hybridized carbons (Fsp3) is 0. The highest BCUT2D eigenvalue weighted by atomic mass is 79.9. The molecule has 98 valence electrons. The first kappa shape index (κ1) is 13.8. The van der Waals surface area contributed by atoms with Gasteiger partial charge in [0.2, 0.25) is 0 Å². The quantitative estimate of drug-likeness (QED) is 0.823. The normalized spacial score (nSPS) is 10.3. The van der Waals surface area contributed by atoms with Crippen molar-refractivity contribution in [2.45, 2.75) is 0 Å². The topological polar surface area (TPSA) is 62.2 Å². The number of pyridine rings is 1. The zero-order valence-electron chi connectivity index (χ0n) is 9.32. The van der Waals surface area contributed by atoms with E-state index >= 15 is 0 Å². The van der Waals surface area contributed by atoms with Crippen molar-refractivity contribution in [3.63, 3.8) is 0 Å². The Labute approximate surface area is 121 Å². The van der Waals surface area contributed by atoms with Crippen molar-refractivity contribution in [2.75, 3.05) is 5.32 Å². The van der Waals surface area contributed by atoms with Crippen LogP contribution in [0.25, 0.3) is 0 Å². The zero-order valence-corrected chi connectivity index (χ0v) is 11.7. The predicted octanol–water partition coefficient (Wildman–Crippen LogP) is 4.08. The third-order valence-corrected chi connectivity index (χ3v) is 2.92. The van der Waals surface area contributed by atoms with Crippen molar-refractivity contribution in [3.8, 4) is 0 Å². The number of carboxylic acids is 1. The second-order valence-corrected chi connectivity index (χ2v) is 4.92. The summed E-state index contributed by atoms with van der Waals surface area (Å²) in [5, 5.41) is 11.6. The lowest BCUT2D eigenvalue weighted by Gasteiger charge is -2.08. The summed E-state index contributed by atoms with van der Waals surface area (Å²) in [6.45, 7) is 0. The Morgan fingerprint density at radius 3 is 2.74 bits per heavy atom. The molecule has 2 rings (SSSR count). The summed E-state index contributed by atoms with van der Waals surface area (Å²) in [6, 6.07) is 6.92. The van der Waals surface area contributed by atoms with Gasteiger partial charge in [0.1, 0.15) is 16.8 Å². The minimum atomic E-state index is -1.14. The Morgan fingerprint density at radius 1 is 1.37 bits per heavy atom. The summed E-state index contributed by atoms with van der Waals surface area (Å²) in [5.41, 5.74) is 0.148. The summed E-state index contributed by atoms with van der Waals surface area (Å²) in [6.07, 6.45) is 0. The molecule has 0 saturated heterocycles. The van der Waals surface area contributed by atoms with Crippen LogP contribution >= 0.6 is 27.5 Å². The molecule has 19 heavy (non-hydrogen) atoms. The van der Waals surface area contributed by atoms with Crippen LogP contribution in [0.2, 0.25) is 5.15 Å². The largest absolute Gasteiger partial charge is 0.478 e. The molecule has 1 aromatic carbocycles. The van der Waals surface area contributed by atoms with Gasteiger partial charge in [0.15, 0.2) is 0 Å². The van der Waals surface area contributed by atoms with E-state index in [9.17, 15) is 9.18 Å². The fourth-order valence-electron chi connectivity index (χ4n) is 1.41. The maximum absolute atomic E-state index is 13.6. The zero-order chi connectivity index (χ0) is 14.0. The Hall–Kier alpha value is -1.66. The number of nitrogens with one attached hydrogen (secondary N) is 1. The molecule has 0 radical (unpaired) electrons. The van der Waals surface area contributed by atoms with Crippen molar-refractivity contribution >= 4 is 45.0 Å². The van der Waals surface area contributed by atoms with Gasteiger partial charge in [-0.2, -0.15) is 0 Å². The standard InChI is InChI=1S/C12H7BrClFN2O2/c13-7-1-2-9(8(15)5-7)16-11-4-6(12(18)19)3-10(14)17-11/h1-5H,(H,16,17)(H,18,19). The SMILES string of the molecule is O=C(O)c1cc(Cl)nc(Nc2ccc(Br)cc2F)c1. The summed E-state index contributed by atoms with van der Waals surface area (Å²) < 4.78 is 14.2. The first-order valence-corrected chi connectivity index (χ1v) is 6.26. The lowest BCUT2D eigenvalue weighted by molar-refractivity contribution is 0.0697. The first-order valence-electron chi connectivity index (χ1n) is 5.08.